The highest BCUT2D eigenvalue weighted by atomic mass is 16.7. The smallest absolute Gasteiger partial charge is 0.399 e. The van der Waals surface area contributed by atoms with E-state index < -0.39 is 23.2 Å². The summed E-state index contributed by atoms with van der Waals surface area (Å²) in [6, 6.07) is 4.96. The Hall–Kier alpha value is -1.40. The monoisotopic (exact) mass is 263 g/mol. The number of nitro benzene ring substituents is 1. The molecule has 0 N–H and O–H groups in total. The Morgan fingerprint density at radius 2 is 1.68 bits per heavy atom. The van der Waals surface area contributed by atoms with Gasteiger partial charge in [-0.1, -0.05) is 17.7 Å². The number of aryl methyl sites for hydroxylation is 1. The van der Waals surface area contributed by atoms with Gasteiger partial charge in [0, 0.05) is 6.07 Å². The Labute approximate surface area is 113 Å². The fourth-order valence-electron chi connectivity index (χ4n) is 2.00. The summed E-state index contributed by atoms with van der Waals surface area (Å²) in [5.74, 6) is 0. The van der Waals surface area contributed by atoms with Crippen LogP contribution in [0, 0.1) is 17.0 Å². The average molecular weight is 263 g/mol. The molecule has 1 heterocycles. The van der Waals surface area contributed by atoms with Gasteiger partial charge in [-0.2, -0.15) is 0 Å². The Morgan fingerprint density at radius 1 is 1.16 bits per heavy atom. The molecule has 1 aromatic rings. The number of hydrogen-bond acceptors (Lipinski definition) is 4. The molecule has 0 aromatic heterocycles. The zero-order valence-electron chi connectivity index (χ0n) is 11.9. The first-order chi connectivity index (χ1) is 8.64. The zero-order valence-corrected chi connectivity index (χ0v) is 11.9. The van der Waals surface area contributed by atoms with Gasteiger partial charge in [0.25, 0.3) is 5.69 Å². The highest BCUT2D eigenvalue weighted by Crippen LogP contribution is 2.37. The van der Waals surface area contributed by atoms with Gasteiger partial charge in [-0.3, -0.25) is 10.1 Å². The van der Waals surface area contributed by atoms with Crippen LogP contribution in [0.5, 0.6) is 0 Å². The van der Waals surface area contributed by atoms with Crippen molar-refractivity contribution in [1.29, 1.82) is 0 Å². The van der Waals surface area contributed by atoms with E-state index in [0.717, 1.165) is 5.56 Å². The summed E-state index contributed by atoms with van der Waals surface area (Å²) in [6.45, 7) is 9.59. The van der Waals surface area contributed by atoms with E-state index in [2.05, 4.69) is 0 Å². The van der Waals surface area contributed by atoms with Gasteiger partial charge >= 0.3 is 7.12 Å². The highest BCUT2D eigenvalue weighted by Gasteiger charge is 2.53. The molecule has 2 rings (SSSR count). The Bertz CT molecular complexity index is 511. The minimum absolute atomic E-state index is 0.0316. The molecule has 0 aliphatic carbocycles. The second-order valence-electron chi connectivity index (χ2n) is 5.91. The van der Waals surface area contributed by atoms with Gasteiger partial charge in [0.2, 0.25) is 0 Å². The molecule has 0 amide bonds. The number of nitro groups is 1. The third-order valence-corrected chi connectivity index (χ3v) is 3.89. The van der Waals surface area contributed by atoms with E-state index in [4.69, 9.17) is 9.31 Å². The number of rotatable bonds is 2. The van der Waals surface area contributed by atoms with Crippen molar-refractivity contribution in [2.24, 2.45) is 0 Å². The fraction of sp³-hybridized carbons (Fsp3) is 0.538. The molecule has 1 saturated heterocycles. The molecule has 19 heavy (non-hydrogen) atoms. The van der Waals surface area contributed by atoms with E-state index in [9.17, 15) is 10.1 Å². The maximum atomic E-state index is 11.1. The van der Waals surface area contributed by atoms with Crippen LogP contribution in [-0.2, 0) is 9.31 Å². The number of nitrogens with zero attached hydrogens (tertiary/aromatic N) is 1. The van der Waals surface area contributed by atoms with E-state index in [1.54, 1.807) is 12.1 Å². The third kappa shape index (κ3) is 2.38. The first kappa shape index (κ1) is 14.0. The van der Waals surface area contributed by atoms with Crippen molar-refractivity contribution in [3.63, 3.8) is 0 Å². The standard InChI is InChI=1S/C13H18BNO4/c1-9-6-7-11(15(16)17)10(8-9)14-18-12(2,3)13(4,5)19-14/h6-8H,1-5H3. The Balaban J connectivity index is 2.44. The SMILES string of the molecule is Cc1ccc([N+](=O)[O-])c(B2OC(C)(C)C(C)(C)O2)c1. The van der Waals surface area contributed by atoms with Crippen LogP contribution >= 0.6 is 0 Å². The largest absolute Gasteiger partial charge is 0.501 e. The van der Waals surface area contributed by atoms with Crippen LogP contribution in [0.2, 0.25) is 0 Å². The zero-order chi connectivity index (χ0) is 14.4. The predicted octanol–water partition coefficient (Wildman–Crippen LogP) is 2.20. The van der Waals surface area contributed by atoms with Crippen molar-refractivity contribution in [2.75, 3.05) is 0 Å². The van der Waals surface area contributed by atoms with Gasteiger partial charge in [0.1, 0.15) is 0 Å². The molecule has 1 aliphatic heterocycles. The van der Waals surface area contributed by atoms with Crippen LogP contribution in [0.25, 0.3) is 0 Å². The van der Waals surface area contributed by atoms with Gasteiger partial charge < -0.3 is 9.31 Å². The average Bonchev–Trinajstić information content (AvgIpc) is 2.47. The molecule has 102 valence electrons. The molecule has 5 nitrogen and oxygen atoms in total. The van der Waals surface area contributed by atoms with Crippen molar-refractivity contribution in [2.45, 2.75) is 45.8 Å². The molecular formula is C13H18BNO4. The second-order valence-corrected chi connectivity index (χ2v) is 5.91. The van der Waals surface area contributed by atoms with E-state index in [1.807, 2.05) is 34.6 Å². The molecule has 1 fully saturated rings. The number of benzene rings is 1. The van der Waals surface area contributed by atoms with Crippen LogP contribution in [0.4, 0.5) is 5.69 Å². The lowest BCUT2D eigenvalue weighted by atomic mass is 9.77. The van der Waals surface area contributed by atoms with E-state index in [-0.39, 0.29) is 5.69 Å². The first-order valence-electron chi connectivity index (χ1n) is 6.25. The summed E-state index contributed by atoms with van der Waals surface area (Å²) in [5.41, 5.74) is 0.438. The third-order valence-electron chi connectivity index (χ3n) is 3.89. The van der Waals surface area contributed by atoms with Gasteiger partial charge in [0.15, 0.2) is 0 Å². The van der Waals surface area contributed by atoms with Crippen molar-refractivity contribution in [3.05, 3.63) is 33.9 Å². The molecule has 0 saturated carbocycles. The summed E-state index contributed by atoms with van der Waals surface area (Å²) in [6.07, 6.45) is 0. The molecule has 1 aromatic carbocycles. The van der Waals surface area contributed by atoms with Gasteiger partial charge in [0.05, 0.1) is 21.6 Å². The highest BCUT2D eigenvalue weighted by molar-refractivity contribution is 6.63. The van der Waals surface area contributed by atoms with E-state index in [0.29, 0.717) is 5.46 Å². The summed E-state index contributed by atoms with van der Waals surface area (Å²) >= 11 is 0. The molecular weight excluding hydrogens is 245 g/mol. The lowest BCUT2D eigenvalue weighted by Crippen LogP contribution is -2.41. The Morgan fingerprint density at radius 3 is 2.16 bits per heavy atom. The van der Waals surface area contributed by atoms with Crippen LogP contribution in [-0.4, -0.2) is 23.2 Å². The Kier molecular flexibility index (Phi) is 3.19. The minimum atomic E-state index is -0.703. The lowest BCUT2D eigenvalue weighted by molar-refractivity contribution is -0.383. The maximum Gasteiger partial charge on any atom is 0.501 e. The van der Waals surface area contributed by atoms with Gasteiger partial charge in [-0.05, 0) is 34.6 Å². The van der Waals surface area contributed by atoms with Crippen LogP contribution in [0.3, 0.4) is 0 Å². The molecule has 0 radical (unpaired) electrons. The topological polar surface area (TPSA) is 61.6 Å². The molecule has 1 aliphatic rings. The summed E-state index contributed by atoms with van der Waals surface area (Å²) in [4.78, 5) is 10.7. The summed E-state index contributed by atoms with van der Waals surface area (Å²) < 4.78 is 11.7. The van der Waals surface area contributed by atoms with Gasteiger partial charge in [-0.25, -0.2) is 0 Å². The number of hydrogen-bond donors (Lipinski definition) is 0. The maximum absolute atomic E-state index is 11.1. The second kappa shape index (κ2) is 4.32. The minimum Gasteiger partial charge on any atom is -0.399 e. The van der Waals surface area contributed by atoms with Crippen molar-refractivity contribution in [3.8, 4) is 0 Å². The molecule has 0 bridgehead atoms. The molecule has 0 atom stereocenters. The predicted molar refractivity (Wildman–Crippen MR) is 73.5 cm³/mol. The van der Waals surface area contributed by atoms with Crippen LogP contribution < -0.4 is 5.46 Å². The molecule has 0 spiro atoms. The van der Waals surface area contributed by atoms with E-state index >= 15 is 0 Å². The first-order valence-corrected chi connectivity index (χ1v) is 6.25. The van der Waals surface area contributed by atoms with Crippen molar-refractivity contribution >= 4 is 18.3 Å². The molecule has 0 unspecified atom stereocenters. The van der Waals surface area contributed by atoms with Crippen molar-refractivity contribution < 1.29 is 14.2 Å². The van der Waals surface area contributed by atoms with E-state index in [1.165, 1.54) is 6.07 Å². The van der Waals surface area contributed by atoms with Gasteiger partial charge in [-0.15, -0.1) is 0 Å². The fourth-order valence-corrected chi connectivity index (χ4v) is 2.00. The lowest BCUT2D eigenvalue weighted by Gasteiger charge is -2.32. The van der Waals surface area contributed by atoms with Crippen LogP contribution in [0.1, 0.15) is 33.3 Å². The van der Waals surface area contributed by atoms with Crippen molar-refractivity contribution in [1.82, 2.24) is 0 Å². The summed E-state index contributed by atoms with van der Waals surface area (Å²) in [5, 5.41) is 11.1. The molecule has 6 heteroatoms. The summed E-state index contributed by atoms with van der Waals surface area (Å²) in [7, 11) is -0.703. The quantitative estimate of drug-likeness (QED) is 0.466. The normalized spacial score (nSPS) is 20.6. The van der Waals surface area contributed by atoms with Crippen LogP contribution in [0.15, 0.2) is 18.2 Å².